The zero-order valence-corrected chi connectivity index (χ0v) is 13.6. The first kappa shape index (κ1) is 15.4. The molecular weight excluding hydrogens is 332 g/mol. The minimum Gasteiger partial charge on any atom is -0.370 e. The molecule has 0 unspecified atom stereocenters. The molecule has 2 aromatic heterocycles. The summed E-state index contributed by atoms with van der Waals surface area (Å²) in [5.41, 5.74) is 1.37. The van der Waals surface area contributed by atoms with Crippen LogP contribution in [0.1, 0.15) is 29.4 Å². The summed E-state index contributed by atoms with van der Waals surface area (Å²) in [6.07, 6.45) is 2.66. The van der Waals surface area contributed by atoms with Gasteiger partial charge in [-0.15, -0.1) is 0 Å². The molecule has 2 aromatic rings. The Bertz CT molecular complexity index is 645. The standard InChI is InChI=1S/C15H17BrN4O/c1-3-7-17-13-6-4-5-12(19-13)15(21)20-14-8-10(2)11(16)9-18-14/h4-6,8-9H,3,7H2,1-2H3,(H,17,19)(H,18,20,21). The predicted molar refractivity (Wildman–Crippen MR) is 87.6 cm³/mol. The van der Waals surface area contributed by atoms with E-state index >= 15 is 0 Å². The number of amides is 1. The molecule has 2 heterocycles. The van der Waals surface area contributed by atoms with Crippen LogP contribution in [0.3, 0.4) is 0 Å². The molecule has 0 saturated carbocycles. The van der Waals surface area contributed by atoms with Crippen molar-refractivity contribution in [3.05, 3.63) is 46.2 Å². The Labute approximate surface area is 132 Å². The SMILES string of the molecule is CCCNc1cccc(C(=O)Nc2cc(C)c(Br)cn2)n1. The van der Waals surface area contributed by atoms with Crippen molar-refractivity contribution in [1.29, 1.82) is 0 Å². The number of aromatic nitrogens is 2. The van der Waals surface area contributed by atoms with Gasteiger partial charge in [-0.2, -0.15) is 0 Å². The number of anilines is 2. The lowest BCUT2D eigenvalue weighted by Gasteiger charge is -2.08. The maximum absolute atomic E-state index is 12.2. The lowest BCUT2D eigenvalue weighted by atomic mass is 10.3. The quantitative estimate of drug-likeness (QED) is 0.865. The Morgan fingerprint density at radius 1 is 1.33 bits per heavy atom. The van der Waals surface area contributed by atoms with Crippen LogP contribution in [0.15, 0.2) is 34.9 Å². The number of nitrogens with zero attached hydrogens (tertiary/aromatic N) is 2. The monoisotopic (exact) mass is 348 g/mol. The van der Waals surface area contributed by atoms with E-state index in [0.717, 1.165) is 23.0 Å². The highest BCUT2D eigenvalue weighted by molar-refractivity contribution is 9.10. The van der Waals surface area contributed by atoms with Crippen molar-refractivity contribution in [2.75, 3.05) is 17.2 Å². The van der Waals surface area contributed by atoms with Gasteiger partial charge in [0.1, 0.15) is 17.3 Å². The molecule has 0 spiro atoms. The van der Waals surface area contributed by atoms with Crippen LogP contribution in [0.4, 0.5) is 11.6 Å². The van der Waals surface area contributed by atoms with Gasteiger partial charge in [0.2, 0.25) is 0 Å². The summed E-state index contributed by atoms with van der Waals surface area (Å²) in [5.74, 6) is 0.934. The summed E-state index contributed by atoms with van der Waals surface area (Å²) in [7, 11) is 0. The van der Waals surface area contributed by atoms with E-state index in [4.69, 9.17) is 0 Å². The predicted octanol–water partition coefficient (Wildman–Crippen LogP) is 3.62. The molecule has 0 radical (unpaired) electrons. The van der Waals surface area contributed by atoms with Gasteiger partial charge in [0, 0.05) is 17.2 Å². The van der Waals surface area contributed by atoms with Crippen molar-refractivity contribution in [2.45, 2.75) is 20.3 Å². The van der Waals surface area contributed by atoms with E-state index in [1.807, 2.05) is 13.0 Å². The van der Waals surface area contributed by atoms with E-state index in [1.165, 1.54) is 0 Å². The Hall–Kier alpha value is -1.95. The molecule has 6 heteroatoms. The summed E-state index contributed by atoms with van der Waals surface area (Å²) in [4.78, 5) is 20.6. The topological polar surface area (TPSA) is 66.9 Å². The van der Waals surface area contributed by atoms with Gasteiger partial charge in [-0.25, -0.2) is 9.97 Å². The summed E-state index contributed by atoms with van der Waals surface area (Å²) in [6, 6.07) is 7.13. The van der Waals surface area contributed by atoms with Crippen LogP contribution in [-0.4, -0.2) is 22.4 Å². The summed E-state index contributed by atoms with van der Waals surface area (Å²) >= 11 is 3.38. The molecule has 1 amide bonds. The van der Waals surface area contributed by atoms with Gasteiger partial charge in [-0.05, 0) is 53.0 Å². The van der Waals surface area contributed by atoms with E-state index < -0.39 is 0 Å². The molecule has 0 saturated heterocycles. The number of hydrogen-bond donors (Lipinski definition) is 2. The third kappa shape index (κ3) is 4.26. The molecule has 5 nitrogen and oxygen atoms in total. The van der Waals surface area contributed by atoms with Crippen molar-refractivity contribution in [2.24, 2.45) is 0 Å². The van der Waals surface area contributed by atoms with Crippen LogP contribution in [0.2, 0.25) is 0 Å². The molecule has 0 atom stereocenters. The van der Waals surface area contributed by atoms with E-state index in [1.54, 1.807) is 24.4 Å². The van der Waals surface area contributed by atoms with Gasteiger partial charge in [0.25, 0.3) is 5.91 Å². The number of halogens is 1. The fourth-order valence-electron chi connectivity index (χ4n) is 1.70. The number of hydrogen-bond acceptors (Lipinski definition) is 4. The summed E-state index contributed by atoms with van der Waals surface area (Å²) < 4.78 is 0.907. The van der Waals surface area contributed by atoms with E-state index in [2.05, 4.69) is 43.5 Å². The molecule has 2 N–H and O–H groups in total. The van der Waals surface area contributed by atoms with Crippen molar-refractivity contribution in [3.8, 4) is 0 Å². The highest BCUT2D eigenvalue weighted by Gasteiger charge is 2.09. The molecular formula is C15H17BrN4O. The van der Waals surface area contributed by atoms with Gasteiger partial charge in [0.05, 0.1) is 0 Å². The van der Waals surface area contributed by atoms with Crippen LogP contribution in [0.5, 0.6) is 0 Å². The number of carbonyl (C=O) groups is 1. The maximum Gasteiger partial charge on any atom is 0.275 e. The van der Waals surface area contributed by atoms with Crippen LogP contribution in [0, 0.1) is 6.92 Å². The van der Waals surface area contributed by atoms with Crippen LogP contribution in [0.25, 0.3) is 0 Å². The molecule has 2 rings (SSSR count). The Balaban J connectivity index is 2.10. The summed E-state index contributed by atoms with van der Waals surface area (Å²) in [6.45, 7) is 4.84. The minimum atomic E-state index is -0.274. The van der Waals surface area contributed by atoms with E-state index in [-0.39, 0.29) is 5.91 Å². The number of nitrogens with one attached hydrogen (secondary N) is 2. The molecule has 110 valence electrons. The second kappa shape index (κ2) is 7.17. The first-order valence-corrected chi connectivity index (χ1v) is 7.54. The largest absolute Gasteiger partial charge is 0.370 e. The average Bonchev–Trinajstić information content (AvgIpc) is 2.49. The number of pyridine rings is 2. The van der Waals surface area contributed by atoms with Crippen molar-refractivity contribution in [1.82, 2.24) is 9.97 Å². The highest BCUT2D eigenvalue weighted by Crippen LogP contribution is 2.17. The Morgan fingerprint density at radius 3 is 2.86 bits per heavy atom. The fraction of sp³-hybridized carbons (Fsp3) is 0.267. The van der Waals surface area contributed by atoms with Crippen LogP contribution in [-0.2, 0) is 0 Å². The first-order valence-electron chi connectivity index (χ1n) is 6.74. The Morgan fingerprint density at radius 2 is 2.14 bits per heavy atom. The van der Waals surface area contributed by atoms with Crippen molar-refractivity contribution >= 4 is 33.5 Å². The number of rotatable bonds is 5. The van der Waals surface area contributed by atoms with Gasteiger partial charge >= 0.3 is 0 Å². The highest BCUT2D eigenvalue weighted by atomic mass is 79.9. The van der Waals surface area contributed by atoms with Gasteiger partial charge in [-0.3, -0.25) is 4.79 Å². The Kier molecular flexibility index (Phi) is 5.27. The summed E-state index contributed by atoms with van der Waals surface area (Å²) in [5, 5.41) is 5.91. The van der Waals surface area contributed by atoms with Gasteiger partial charge < -0.3 is 10.6 Å². The molecule has 0 fully saturated rings. The van der Waals surface area contributed by atoms with E-state index in [0.29, 0.717) is 17.3 Å². The minimum absolute atomic E-state index is 0.274. The third-order valence-electron chi connectivity index (χ3n) is 2.83. The maximum atomic E-state index is 12.2. The normalized spacial score (nSPS) is 10.2. The smallest absolute Gasteiger partial charge is 0.275 e. The number of aryl methyl sites for hydroxylation is 1. The van der Waals surface area contributed by atoms with Crippen LogP contribution < -0.4 is 10.6 Å². The van der Waals surface area contributed by atoms with Crippen LogP contribution >= 0.6 is 15.9 Å². The fourth-order valence-corrected chi connectivity index (χ4v) is 1.92. The molecule has 0 bridgehead atoms. The van der Waals surface area contributed by atoms with Crippen molar-refractivity contribution < 1.29 is 4.79 Å². The lowest BCUT2D eigenvalue weighted by molar-refractivity contribution is 0.102. The molecule has 0 aliphatic rings. The molecule has 0 aliphatic carbocycles. The molecule has 0 aromatic carbocycles. The second-order valence-electron chi connectivity index (χ2n) is 4.61. The van der Waals surface area contributed by atoms with Gasteiger partial charge in [-0.1, -0.05) is 13.0 Å². The lowest BCUT2D eigenvalue weighted by Crippen LogP contribution is -2.15. The average molecular weight is 349 g/mol. The second-order valence-corrected chi connectivity index (χ2v) is 5.46. The zero-order valence-electron chi connectivity index (χ0n) is 12.0. The zero-order chi connectivity index (χ0) is 15.2. The third-order valence-corrected chi connectivity index (χ3v) is 3.66. The van der Waals surface area contributed by atoms with Gasteiger partial charge in [0.15, 0.2) is 0 Å². The van der Waals surface area contributed by atoms with Crippen molar-refractivity contribution in [3.63, 3.8) is 0 Å². The molecule has 21 heavy (non-hydrogen) atoms. The number of carbonyl (C=O) groups excluding carboxylic acids is 1. The first-order chi connectivity index (χ1) is 10.1. The molecule has 0 aliphatic heterocycles. The van der Waals surface area contributed by atoms with E-state index in [9.17, 15) is 4.79 Å².